The lowest BCUT2D eigenvalue weighted by Gasteiger charge is -2.09. The molecule has 0 amide bonds. The van der Waals surface area contributed by atoms with E-state index in [0.717, 1.165) is 11.1 Å². The second-order valence-electron chi connectivity index (χ2n) is 4.70. The van der Waals surface area contributed by atoms with Gasteiger partial charge in [-0.05, 0) is 18.1 Å². The van der Waals surface area contributed by atoms with E-state index in [0.29, 0.717) is 10.9 Å². The third-order valence-electron chi connectivity index (χ3n) is 3.03. The third-order valence-corrected chi connectivity index (χ3v) is 3.64. The Morgan fingerprint density at radius 2 is 1.44 bits per heavy atom. The Morgan fingerprint density at radius 1 is 0.926 bits per heavy atom. The summed E-state index contributed by atoms with van der Waals surface area (Å²) in [6.45, 7) is 10.1. The number of benzene rings is 2. The topological polar surface area (TPSA) is 35.5 Å². The second kappa shape index (κ2) is 18.7. The summed E-state index contributed by atoms with van der Waals surface area (Å²) in [5.41, 5.74) is 3.56. The summed E-state index contributed by atoms with van der Waals surface area (Å²) in [7, 11) is 2.85. The lowest BCUT2D eigenvalue weighted by atomic mass is 10.0. The van der Waals surface area contributed by atoms with Crippen LogP contribution in [0, 0.1) is 6.92 Å². The summed E-state index contributed by atoms with van der Waals surface area (Å²) in [5.74, 6) is -0.407. The van der Waals surface area contributed by atoms with Crippen LogP contribution in [-0.2, 0) is 19.6 Å². The Labute approximate surface area is 173 Å². The van der Waals surface area contributed by atoms with Crippen LogP contribution in [0.4, 0.5) is 0 Å². The van der Waals surface area contributed by atoms with Gasteiger partial charge in [0.25, 0.3) is 0 Å². The zero-order valence-electron chi connectivity index (χ0n) is 17.6. The van der Waals surface area contributed by atoms with Crippen molar-refractivity contribution in [1.29, 1.82) is 0 Å². The predicted molar refractivity (Wildman–Crippen MR) is 120 cm³/mol. The summed E-state index contributed by atoms with van der Waals surface area (Å²) in [5, 5.41) is 0.668. The minimum absolute atomic E-state index is 0.407. The van der Waals surface area contributed by atoms with Crippen LogP contribution >= 0.6 is 15.9 Å². The fourth-order valence-electron chi connectivity index (χ4n) is 1.88. The number of aryl methyl sites for hydroxylation is 1. The first-order valence-electron chi connectivity index (χ1n) is 9.11. The van der Waals surface area contributed by atoms with Crippen molar-refractivity contribution in [3.8, 4) is 0 Å². The van der Waals surface area contributed by atoms with Gasteiger partial charge < -0.3 is 9.47 Å². The van der Waals surface area contributed by atoms with Crippen molar-refractivity contribution >= 4 is 27.5 Å². The molecule has 0 atom stereocenters. The van der Waals surface area contributed by atoms with E-state index in [1.165, 1.54) is 26.0 Å². The van der Waals surface area contributed by atoms with Crippen molar-refractivity contribution < 1.29 is 14.3 Å². The van der Waals surface area contributed by atoms with E-state index in [1.807, 2.05) is 70.2 Å². The Morgan fingerprint density at radius 3 is 1.85 bits per heavy atom. The Balaban J connectivity index is 0. The number of carbonyl (C=O) groups is 1. The van der Waals surface area contributed by atoms with Crippen LogP contribution in [0.1, 0.15) is 44.4 Å². The third kappa shape index (κ3) is 11.3. The van der Waals surface area contributed by atoms with Gasteiger partial charge in [-0.3, -0.25) is 0 Å². The van der Waals surface area contributed by atoms with Gasteiger partial charge in [-0.25, -0.2) is 4.79 Å². The first-order chi connectivity index (χ1) is 13.1. The summed E-state index contributed by atoms with van der Waals surface area (Å²) in [6.07, 6.45) is 1.40. The van der Waals surface area contributed by atoms with Gasteiger partial charge in [0.15, 0.2) is 0 Å². The van der Waals surface area contributed by atoms with E-state index >= 15 is 0 Å². The second-order valence-corrected chi connectivity index (χ2v) is 5.27. The molecule has 2 rings (SSSR count). The van der Waals surface area contributed by atoms with Crippen molar-refractivity contribution in [2.45, 2.75) is 39.9 Å². The average molecular weight is 437 g/mol. The number of carbonyl (C=O) groups excluding carboxylic acids is 1. The number of alkyl halides is 1. The number of hydrogen-bond acceptors (Lipinski definition) is 3. The molecule has 0 heterocycles. The fourth-order valence-corrected chi connectivity index (χ4v) is 2.37. The standard InChI is InChI=1S/C12H13BrO3.C7H8.2C2H6/c1-15-8-11(12(14)16-2)10-6-4-3-5-9(10)7-13;1-7-5-3-2-4-6-7;2*1-2/h3-6,8H,7H2,1-2H3;2-6H,1H3;2*1-2H3/b11-8+;;;. The van der Waals surface area contributed by atoms with Crippen LogP contribution in [-0.4, -0.2) is 20.2 Å². The molecule has 2 aromatic rings. The number of rotatable bonds is 4. The van der Waals surface area contributed by atoms with E-state index in [4.69, 9.17) is 9.47 Å². The van der Waals surface area contributed by atoms with Gasteiger partial charge in [0.05, 0.1) is 20.5 Å². The fraction of sp³-hybridized carbons (Fsp3) is 0.348. The van der Waals surface area contributed by atoms with Crippen molar-refractivity contribution in [2.24, 2.45) is 0 Å². The molecule has 0 fully saturated rings. The van der Waals surface area contributed by atoms with Gasteiger partial charge in [-0.2, -0.15) is 0 Å². The summed E-state index contributed by atoms with van der Waals surface area (Å²) in [4.78, 5) is 11.6. The van der Waals surface area contributed by atoms with E-state index in [1.54, 1.807) is 0 Å². The zero-order chi connectivity index (χ0) is 21.1. The van der Waals surface area contributed by atoms with E-state index in [2.05, 4.69) is 35.0 Å². The van der Waals surface area contributed by atoms with Crippen molar-refractivity contribution in [3.63, 3.8) is 0 Å². The molecule has 0 spiro atoms. The van der Waals surface area contributed by atoms with Crippen molar-refractivity contribution in [2.75, 3.05) is 14.2 Å². The zero-order valence-corrected chi connectivity index (χ0v) is 19.2. The predicted octanol–water partition coefficient (Wildman–Crippen LogP) is 6.79. The van der Waals surface area contributed by atoms with Crippen molar-refractivity contribution in [3.05, 3.63) is 77.5 Å². The molecular formula is C23H33BrO3. The minimum Gasteiger partial charge on any atom is -0.503 e. The van der Waals surface area contributed by atoms with E-state index in [9.17, 15) is 4.79 Å². The maximum Gasteiger partial charge on any atom is 0.341 e. The van der Waals surface area contributed by atoms with Gasteiger partial charge >= 0.3 is 5.97 Å². The monoisotopic (exact) mass is 436 g/mol. The average Bonchev–Trinajstić information content (AvgIpc) is 2.75. The molecule has 0 aliphatic rings. The lowest BCUT2D eigenvalue weighted by Crippen LogP contribution is -2.06. The molecule has 0 aliphatic carbocycles. The van der Waals surface area contributed by atoms with Crippen LogP contribution in [0.3, 0.4) is 0 Å². The number of halogens is 1. The van der Waals surface area contributed by atoms with Crippen LogP contribution < -0.4 is 0 Å². The Hall–Kier alpha value is -2.07. The molecule has 0 aliphatic heterocycles. The molecule has 0 bridgehead atoms. The summed E-state index contributed by atoms with van der Waals surface area (Å²) >= 11 is 3.38. The molecule has 3 nitrogen and oxygen atoms in total. The molecule has 2 aromatic carbocycles. The van der Waals surface area contributed by atoms with Crippen LogP contribution in [0.15, 0.2) is 60.9 Å². The SMILES string of the molecule is CC.CC.CO/C=C(/C(=O)OC)c1ccccc1CBr.Cc1ccccc1. The molecule has 0 saturated heterocycles. The highest BCUT2D eigenvalue weighted by atomic mass is 79.9. The first kappa shape index (κ1) is 27.2. The Bertz CT molecular complexity index is 637. The molecule has 4 heteroatoms. The Kier molecular flexibility index (Phi) is 18.8. The van der Waals surface area contributed by atoms with Crippen molar-refractivity contribution in [1.82, 2.24) is 0 Å². The quantitative estimate of drug-likeness (QED) is 0.229. The maximum atomic E-state index is 11.6. The molecule has 0 unspecified atom stereocenters. The molecule has 27 heavy (non-hydrogen) atoms. The highest BCUT2D eigenvalue weighted by molar-refractivity contribution is 9.08. The summed E-state index contributed by atoms with van der Waals surface area (Å²) < 4.78 is 9.62. The lowest BCUT2D eigenvalue weighted by molar-refractivity contribution is -0.133. The van der Waals surface area contributed by atoms with Gasteiger partial charge in [-0.1, -0.05) is 104 Å². The largest absolute Gasteiger partial charge is 0.503 e. The number of esters is 1. The van der Waals surface area contributed by atoms with Crippen LogP contribution in [0.2, 0.25) is 0 Å². The highest BCUT2D eigenvalue weighted by Gasteiger charge is 2.15. The smallest absolute Gasteiger partial charge is 0.341 e. The minimum atomic E-state index is -0.407. The molecule has 0 saturated carbocycles. The highest BCUT2D eigenvalue weighted by Crippen LogP contribution is 2.22. The number of methoxy groups -OCH3 is 2. The molecule has 0 N–H and O–H groups in total. The summed E-state index contributed by atoms with van der Waals surface area (Å²) in [6, 6.07) is 17.8. The van der Waals surface area contributed by atoms with E-state index < -0.39 is 5.97 Å². The molecule has 0 aromatic heterocycles. The van der Waals surface area contributed by atoms with E-state index in [-0.39, 0.29) is 0 Å². The molecular weight excluding hydrogens is 404 g/mol. The number of hydrogen-bond donors (Lipinski definition) is 0. The van der Waals surface area contributed by atoms with Gasteiger partial charge in [0.2, 0.25) is 0 Å². The van der Waals surface area contributed by atoms with Gasteiger partial charge in [0.1, 0.15) is 5.57 Å². The normalized spacial score (nSPS) is 9.26. The first-order valence-corrected chi connectivity index (χ1v) is 10.2. The molecule has 150 valence electrons. The van der Waals surface area contributed by atoms with Crippen LogP contribution in [0.5, 0.6) is 0 Å². The maximum absolute atomic E-state index is 11.6. The van der Waals surface area contributed by atoms with Gasteiger partial charge in [0, 0.05) is 5.33 Å². The van der Waals surface area contributed by atoms with Crippen LogP contribution in [0.25, 0.3) is 5.57 Å². The molecule has 0 radical (unpaired) electrons. The van der Waals surface area contributed by atoms with Gasteiger partial charge in [-0.15, -0.1) is 0 Å². The number of ether oxygens (including phenoxy) is 2.